The molecular weight excluding hydrogens is 430 g/mol. The second-order valence-corrected chi connectivity index (χ2v) is 11.1. The fraction of sp³-hybridized carbons (Fsp3) is 0.281. The van der Waals surface area contributed by atoms with Gasteiger partial charge in [-0.15, -0.1) is 11.3 Å². The van der Waals surface area contributed by atoms with Gasteiger partial charge >= 0.3 is 0 Å². The number of nitrogens with zero attached hydrogens (tertiary/aromatic N) is 1. The zero-order valence-corrected chi connectivity index (χ0v) is 20.9. The van der Waals surface area contributed by atoms with Crippen molar-refractivity contribution in [3.8, 4) is 22.4 Å². The zero-order chi connectivity index (χ0) is 23.1. The van der Waals surface area contributed by atoms with Crippen LogP contribution in [0.2, 0.25) is 0 Å². The predicted octanol–water partition coefficient (Wildman–Crippen LogP) is 9.52. The number of fused-ring (bicyclic) bond motifs is 3. The lowest BCUT2D eigenvalue weighted by Gasteiger charge is -2.21. The molecule has 34 heavy (non-hydrogen) atoms. The van der Waals surface area contributed by atoms with Crippen molar-refractivity contribution in [2.75, 3.05) is 0 Å². The number of thiophene rings is 1. The Bertz CT molecular complexity index is 1490. The second kappa shape index (κ2) is 9.00. The van der Waals surface area contributed by atoms with Gasteiger partial charge in [0.2, 0.25) is 0 Å². The summed E-state index contributed by atoms with van der Waals surface area (Å²) in [6.07, 6.45) is 10.2. The van der Waals surface area contributed by atoms with Crippen LogP contribution in [0.5, 0.6) is 0 Å². The minimum atomic E-state index is 0.840. The van der Waals surface area contributed by atoms with E-state index in [9.17, 15) is 0 Å². The Kier molecular flexibility index (Phi) is 5.71. The molecule has 0 aliphatic heterocycles. The number of pyridine rings is 1. The molecule has 0 atom stereocenters. The Balaban J connectivity index is 1.45. The van der Waals surface area contributed by atoms with E-state index in [4.69, 9.17) is 4.98 Å². The van der Waals surface area contributed by atoms with Crippen LogP contribution in [0.15, 0.2) is 72.9 Å². The van der Waals surface area contributed by atoms with Gasteiger partial charge in [-0.3, -0.25) is 4.98 Å². The van der Waals surface area contributed by atoms with E-state index in [2.05, 4.69) is 80.6 Å². The first-order valence-corrected chi connectivity index (χ1v) is 13.5. The number of aromatic nitrogens is 1. The predicted molar refractivity (Wildman–Crippen MR) is 148 cm³/mol. The smallest absolute Gasteiger partial charge is 0.0704 e. The van der Waals surface area contributed by atoms with Gasteiger partial charge in [0.15, 0.2) is 0 Å². The molecule has 1 aliphatic carbocycles. The Morgan fingerprint density at radius 3 is 2.53 bits per heavy atom. The minimum Gasteiger partial charge on any atom is -0.256 e. The van der Waals surface area contributed by atoms with Crippen LogP contribution in [0, 0.1) is 19.8 Å². The maximum absolute atomic E-state index is 4.78. The summed E-state index contributed by atoms with van der Waals surface area (Å²) in [7, 11) is 0. The highest BCUT2D eigenvalue weighted by Gasteiger charge is 2.16. The molecular formula is C32H31NS. The van der Waals surface area contributed by atoms with E-state index < -0.39 is 0 Å². The molecule has 0 spiro atoms. The molecule has 0 amide bonds. The van der Waals surface area contributed by atoms with E-state index in [0.717, 1.165) is 11.6 Å². The number of hydrogen-bond acceptors (Lipinski definition) is 2. The SMILES string of the molecule is Cc1cccc(-c2cccc3sc4ccc(-c5cc(CC6CCCCC6)ccn5)cc4c23)c1C. The van der Waals surface area contributed by atoms with Gasteiger partial charge in [0.1, 0.15) is 0 Å². The number of hydrogen-bond donors (Lipinski definition) is 0. The van der Waals surface area contributed by atoms with Gasteiger partial charge in [0.05, 0.1) is 5.69 Å². The first-order valence-electron chi connectivity index (χ1n) is 12.6. The van der Waals surface area contributed by atoms with Crippen LogP contribution < -0.4 is 0 Å². The normalized spacial score (nSPS) is 14.8. The number of benzene rings is 3. The molecule has 1 aliphatic rings. The monoisotopic (exact) mass is 461 g/mol. The number of aryl methyl sites for hydroxylation is 1. The molecule has 170 valence electrons. The van der Waals surface area contributed by atoms with Crippen LogP contribution in [0.3, 0.4) is 0 Å². The molecule has 6 rings (SSSR count). The average Bonchev–Trinajstić information content (AvgIpc) is 3.25. The molecule has 5 aromatic rings. The van der Waals surface area contributed by atoms with Crippen molar-refractivity contribution in [3.63, 3.8) is 0 Å². The summed E-state index contributed by atoms with van der Waals surface area (Å²) in [5.74, 6) is 0.840. The standard InChI is InChI=1S/C32H31NS/c1-21-8-6-11-26(22(21)2)27-12-7-13-31-32(27)28-20-25(14-15-30(28)34-31)29-19-24(16-17-33-29)18-23-9-4-3-5-10-23/h6-8,11-17,19-20,23H,3-5,9-10,18H2,1-2H3. The lowest BCUT2D eigenvalue weighted by molar-refractivity contribution is 0.356. The first-order chi connectivity index (χ1) is 16.7. The molecule has 3 aromatic carbocycles. The van der Waals surface area contributed by atoms with Gasteiger partial charge in [-0.2, -0.15) is 0 Å². The molecule has 1 nitrogen and oxygen atoms in total. The maximum atomic E-state index is 4.78. The van der Waals surface area contributed by atoms with Crippen molar-refractivity contribution < 1.29 is 0 Å². The first kappa shape index (κ1) is 21.6. The fourth-order valence-electron chi connectivity index (χ4n) is 5.74. The van der Waals surface area contributed by atoms with Gasteiger partial charge in [0, 0.05) is 31.9 Å². The van der Waals surface area contributed by atoms with Crippen molar-refractivity contribution in [2.24, 2.45) is 5.92 Å². The molecule has 0 N–H and O–H groups in total. The molecule has 0 bridgehead atoms. The number of rotatable bonds is 4. The third kappa shape index (κ3) is 3.95. The fourth-order valence-corrected chi connectivity index (χ4v) is 6.85. The molecule has 2 heterocycles. The van der Waals surface area contributed by atoms with Crippen LogP contribution in [0.1, 0.15) is 48.8 Å². The van der Waals surface area contributed by atoms with Gasteiger partial charge in [-0.25, -0.2) is 0 Å². The van der Waals surface area contributed by atoms with Crippen molar-refractivity contribution in [1.82, 2.24) is 4.98 Å². The van der Waals surface area contributed by atoms with E-state index in [1.54, 1.807) is 0 Å². The van der Waals surface area contributed by atoms with E-state index in [1.807, 2.05) is 17.5 Å². The van der Waals surface area contributed by atoms with Crippen LogP contribution in [0.4, 0.5) is 0 Å². The summed E-state index contributed by atoms with van der Waals surface area (Å²) in [6.45, 7) is 4.44. The van der Waals surface area contributed by atoms with E-state index >= 15 is 0 Å². The van der Waals surface area contributed by atoms with Crippen LogP contribution in [-0.2, 0) is 6.42 Å². The lowest BCUT2D eigenvalue weighted by atomic mass is 9.85. The summed E-state index contributed by atoms with van der Waals surface area (Å²) in [6, 6.07) is 24.9. The highest BCUT2D eigenvalue weighted by molar-refractivity contribution is 7.25. The summed E-state index contributed by atoms with van der Waals surface area (Å²) in [5.41, 5.74) is 9.12. The van der Waals surface area contributed by atoms with Crippen molar-refractivity contribution in [1.29, 1.82) is 0 Å². The summed E-state index contributed by atoms with van der Waals surface area (Å²) < 4.78 is 2.69. The third-order valence-electron chi connectivity index (χ3n) is 7.76. The van der Waals surface area contributed by atoms with E-state index in [1.165, 1.54) is 92.1 Å². The van der Waals surface area contributed by atoms with Gasteiger partial charge in [0.25, 0.3) is 0 Å². The zero-order valence-electron chi connectivity index (χ0n) is 20.1. The Labute approximate surface area is 206 Å². The van der Waals surface area contributed by atoms with E-state index in [0.29, 0.717) is 0 Å². The highest BCUT2D eigenvalue weighted by Crippen LogP contribution is 2.42. The largest absolute Gasteiger partial charge is 0.256 e. The van der Waals surface area contributed by atoms with Crippen LogP contribution in [-0.4, -0.2) is 4.98 Å². The molecule has 0 saturated heterocycles. The highest BCUT2D eigenvalue weighted by atomic mass is 32.1. The summed E-state index contributed by atoms with van der Waals surface area (Å²) >= 11 is 1.89. The maximum Gasteiger partial charge on any atom is 0.0704 e. The minimum absolute atomic E-state index is 0.840. The van der Waals surface area contributed by atoms with Crippen molar-refractivity contribution >= 4 is 31.5 Å². The molecule has 0 radical (unpaired) electrons. The van der Waals surface area contributed by atoms with Gasteiger partial charge in [-0.1, -0.05) is 68.5 Å². The molecule has 2 aromatic heterocycles. The van der Waals surface area contributed by atoms with Crippen LogP contribution >= 0.6 is 11.3 Å². The summed E-state index contributed by atoms with van der Waals surface area (Å²) in [5, 5.41) is 2.71. The Morgan fingerprint density at radius 2 is 1.65 bits per heavy atom. The lowest BCUT2D eigenvalue weighted by Crippen LogP contribution is -2.09. The topological polar surface area (TPSA) is 12.9 Å². The Morgan fingerprint density at radius 1 is 0.824 bits per heavy atom. The molecule has 2 heteroatoms. The third-order valence-corrected chi connectivity index (χ3v) is 8.90. The van der Waals surface area contributed by atoms with Crippen molar-refractivity contribution in [2.45, 2.75) is 52.4 Å². The molecule has 0 unspecified atom stereocenters. The summed E-state index contributed by atoms with van der Waals surface area (Å²) in [4.78, 5) is 4.78. The van der Waals surface area contributed by atoms with Crippen LogP contribution in [0.25, 0.3) is 42.6 Å². The van der Waals surface area contributed by atoms with Crippen molar-refractivity contribution in [3.05, 3.63) is 89.6 Å². The van der Waals surface area contributed by atoms with E-state index in [-0.39, 0.29) is 0 Å². The average molecular weight is 462 g/mol. The Hall–Kier alpha value is -2.97. The second-order valence-electron chi connectivity index (χ2n) is 10.00. The molecule has 1 fully saturated rings. The van der Waals surface area contributed by atoms with Gasteiger partial charge in [-0.05, 0) is 84.3 Å². The molecule has 1 saturated carbocycles. The van der Waals surface area contributed by atoms with Gasteiger partial charge < -0.3 is 0 Å². The quantitative estimate of drug-likeness (QED) is 0.260.